The van der Waals surface area contributed by atoms with Gasteiger partial charge in [0.1, 0.15) is 18.6 Å². The van der Waals surface area contributed by atoms with Crippen molar-refractivity contribution < 1.29 is 23.5 Å². The van der Waals surface area contributed by atoms with Gasteiger partial charge in [-0.15, -0.1) is 0 Å². The molecule has 154 valence electrons. The van der Waals surface area contributed by atoms with Gasteiger partial charge in [-0.25, -0.2) is 4.98 Å². The van der Waals surface area contributed by atoms with Crippen LogP contribution in [0.4, 0.5) is 5.69 Å². The van der Waals surface area contributed by atoms with Crippen molar-refractivity contribution in [3.8, 4) is 5.75 Å². The number of carbonyl (C=O) groups excluding carboxylic acids is 2. The van der Waals surface area contributed by atoms with Gasteiger partial charge >= 0.3 is 0 Å². The largest absolute Gasteiger partial charge is 0.482 e. The summed E-state index contributed by atoms with van der Waals surface area (Å²) < 4.78 is 16.4. The van der Waals surface area contributed by atoms with Crippen molar-refractivity contribution in [2.75, 3.05) is 37.8 Å². The third kappa shape index (κ3) is 3.98. The lowest BCUT2D eigenvalue weighted by molar-refractivity contribution is -0.121. The van der Waals surface area contributed by atoms with Crippen molar-refractivity contribution in [2.45, 2.75) is 32.7 Å². The highest BCUT2D eigenvalue weighted by atomic mass is 16.5. The fourth-order valence-electron chi connectivity index (χ4n) is 3.39. The summed E-state index contributed by atoms with van der Waals surface area (Å²) in [6.45, 7) is 8.54. The zero-order valence-electron chi connectivity index (χ0n) is 16.9. The molecule has 2 aliphatic heterocycles. The molecular weight excluding hydrogens is 374 g/mol. The van der Waals surface area contributed by atoms with Crippen LogP contribution >= 0.6 is 0 Å². The number of aromatic nitrogens is 1. The van der Waals surface area contributed by atoms with E-state index < -0.39 is 0 Å². The molecule has 29 heavy (non-hydrogen) atoms. The molecule has 0 spiro atoms. The molecule has 3 heterocycles. The Morgan fingerprint density at radius 3 is 2.69 bits per heavy atom. The van der Waals surface area contributed by atoms with Crippen LogP contribution in [-0.2, 0) is 21.5 Å². The van der Waals surface area contributed by atoms with Crippen LogP contribution in [0.5, 0.6) is 5.75 Å². The molecule has 4 rings (SSSR count). The van der Waals surface area contributed by atoms with Gasteiger partial charge in [0.05, 0.1) is 18.9 Å². The number of oxazole rings is 1. The van der Waals surface area contributed by atoms with Crippen LogP contribution in [0.1, 0.15) is 42.7 Å². The van der Waals surface area contributed by atoms with Gasteiger partial charge in [0, 0.05) is 13.1 Å². The molecule has 8 heteroatoms. The summed E-state index contributed by atoms with van der Waals surface area (Å²) in [6.07, 6.45) is 1.35. The van der Waals surface area contributed by atoms with E-state index in [0.717, 1.165) is 5.56 Å². The number of hydrogen-bond acceptors (Lipinski definition) is 6. The van der Waals surface area contributed by atoms with E-state index >= 15 is 0 Å². The van der Waals surface area contributed by atoms with E-state index in [-0.39, 0.29) is 36.1 Å². The lowest BCUT2D eigenvalue weighted by Gasteiger charge is -2.30. The Balaban J connectivity index is 1.56. The molecule has 0 bridgehead atoms. The standard InChI is InChI=1S/C21H25N3O5/c1-21(2,3)14-4-5-17-16(10-14)24(19(25)13-28-17)11-18-22-15(12-29-18)20(26)23-6-8-27-9-7-23/h4-5,10,12H,6-9,11,13H2,1-3H3. The molecule has 0 saturated carbocycles. The minimum Gasteiger partial charge on any atom is -0.482 e. The summed E-state index contributed by atoms with van der Waals surface area (Å²) in [7, 11) is 0. The van der Waals surface area contributed by atoms with Crippen LogP contribution in [0.3, 0.4) is 0 Å². The zero-order chi connectivity index (χ0) is 20.6. The molecule has 1 aromatic heterocycles. The van der Waals surface area contributed by atoms with Crippen molar-refractivity contribution in [3.63, 3.8) is 0 Å². The second kappa shape index (κ2) is 7.51. The molecule has 0 atom stereocenters. The summed E-state index contributed by atoms with van der Waals surface area (Å²) in [5, 5.41) is 0. The highest BCUT2D eigenvalue weighted by molar-refractivity contribution is 5.98. The first-order valence-electron chi connectivity index (χ1n) is 9.72. The van der Waals surface area contributed by atoms with Gasteiger partial charge in [-0.3, -0.25) is 14.5 Å². The number of benzene rings is 1. The van der Waals surface area contributed by atoms with Gasteiger partial charge < -0.3 is 18.8 Å². The number of hydrogen-bond donors (Lipinski definition) is 0. The van der Waals surface area contributed by atoms with Gasteiger partial charge in [-0.1, -0.05) is 26.8 Å². The molecule has 2 aromatic rings. The van der Waals surface area contributed by atoms with E-state index in [1.165, 1.54) is 6.26 Å². The number of fused-ring (bicyclic) bond motifs is 1. The predicted molar refractivity (Wildman–Crippen MR) is 105 cm³/mol. The molecule has 0 unspecified atom stereocenters. The molecular formula is C21H25N3O5. The van der Waals surface area contributed by atoms with E-state index in [0.29, 0.717) is 43.6 Å². The van der Waals surface area contributed by atoms with Crippen LogP contribution < -0.4 is 9.64 Å². The summed E-state index contributed by atoms with van der Waals surface area (Å²) >= 11 is 0. The van der Waals surface area contributed by atoms with Gasteiger partial charge in [0.15, 0.2) is 12.3 Å². The summed E-state index contributed by atoms with van der Waals surface area (Å²) in [6, 6.07) is 5.87. The number of morpholine rings is 1. The van der Waals surface area contributed by atoms with Gasteiger partial charge in [0.25, 0.3) is 11.8 Å². The number of rotatable bonds is 3. The first-order valence-corrected chi connectivity index (χ1v) is 9.72. The molecule has 0 radical (unpaired) electrons. The Hall–Kier alpha value is -2.87. The predicted octanol–water partition coefficient (Wildman–Crippen LogP) is 2.37. The molecule has 2 aliphatic rings. The average Bonchev–Trinajstić information content (AvgIpc) is 3.18. The Bertz CT molecular complexity index is 925. The minimum atomic E-state index is -0.188. The van der Waals surface area contributed by atoms with Crippen LogP contribution in [0, 0.1) is 0 Å². The second-order valence-electron chi connectivity index (χ2n) is 8.23. The highest BCUT2D eigenvalue weighted by Crippen LogP contribution is 2.37. The number of carbonyl (C=O) groups is 2. The topological polar surface area (TPSA) is 85.1 Å². The molecule has 0 aliphatic carbocycles. The lowest BCUT2D eigenvalue weighted by Crippen LogP contribution is -2.41. The fourth-order valence-corrected chi connectivity index (χ4v) is 3.39. The van der Waals surface area contributed by atoms with Gasteiger partial charge in [-0.05, 0) is 23.1 Å². The monoisotopic (exact) mass is 399 g/mol. The summed E-state index contributed by atoms with van der Waals surface area (Å²) in [4.78, 5) is 32.7. The Kier molecular flexibility index (Phi) is 5.04. The van der Waals surface area contributed by atoms with Crippen LogP contribution in [0.2, 0.25) is 0 Å². The van der Waals surface area contributed by atoms with Crippen molar-refractivity contribution in [2.24, 2.45) is 0 Å². The van der Waals surface area contributed by atoms with Crippen molar-refractivity contribution >= 4 is 17.5 Å². The van der Waals surface area contributed by atoms with E-state index in [9.17, 15) is 9.59 Å². The average molecular weight is 399 g/mol. The Morgan fingerprint density at radius 1 is 1.21 bits per heavy atom. The maximum Gasteiger partial charge on any atom is 0.275 e. The summed E-state index contributed by atoms with van der Waals surface area (Å²) in [5.41, 5.74) is 1.95. The molecule has 1 saturated heterocycles. The lowest BCUT2D eigenvalue weighted by atomic mass is 9.86. The normalized spacial score (nSPS) is 17.1. The number of anilines is 1. The SMILES string of the molecule is CC(C)(C)c1ccc2c(c1)N(Cc1nc(C(=O)N3CCOCC3)co1)C(=O)CO2. The van der Waals surface area contributed by atoms with Crippen LogP contribution in [-0.4, -0.2) is 54.6 Å². The first-order chi connectivity index (χ1) is 13.8. The smallest absolute Gasteiger partial charge is 0.275 e. The maximum atomic E-state index is 12.6. The molecule has 1 aromatic carbocycles. The quantitative estimate of drug-likeness (QED) is 0.788. The van der Waals surface area contributed by atoms with Gasteiger partial charge in [0.2, 0.25) is 5.89 Å². The van der Waals surface area contributed by atoms with Crippen molar-refractivity contribution in [1.82, 2.24) is 9.88 Å². The fraction of sp³-hybridized carbons (Fsp3) is 0.476. The summed E-state index contributed by atoms with van der Waals surface area (Å²) in [5.74, 6) is 0.590. The molecule has 2 amide bonds. The van der Waals surface area contributed by atoms with E-state index in [2.05, 4.69) is 25.8 Å². The van der Waals surface area contributed by atoms with Crippen molar-refractivity contribution in [1.29, 1.82) is 0 Å². The maximum absolute atomic E-state index is 12.6. The molecule has 0 N–H and O–H groups in total. The van der Waals surface area contributed by atoms with Crippen LogP contribution in [0.25, 0.3) is 0 Å². The molecule has 1 fully saturated rings. The number of ether oxygens (including phenoxy) is 2. The third-order valence-electron chi connectivity index (χ3n) is 5.13. The second-order valence-corrected chi connectivity index (χ2v) is 8.23. The zero-order valence-corrected chi connectivity index (χ0v) is 16.9. The number of nitrogens with zero attached hydrogens (tertiary/aromatic N) is 3. The highest BCUT2D eigenvalue weighted by Gasteiger charge is 2.29. The first kappa shape index (κ1) is 19.4. The molecule has 8 nitrogen and oxygen atoms in total. The Labute approximate surface area is 169 Å². The van der Waals surface area contributed by atoms with Crippen LogP contribution in [0.15, 0.2) is 28.9 Å². The Morgan fingerprint density at radius 2 is 1.97 bits per heavy atom. The van der Waals surface area contributed by atoms with E-state index in [1.54, 1.807) is 9.80 Å². The van der Waals surface area contributed by atoms with Crippen molar-refractivity contribution in [3.05, 3.63) is 41.6 Å². The van der Waals surface area contributed by atoms with E-state index in [4.69, 9.17) is 13.9 Å². The van der Waals surface area contributed by atoms with Gasteiger partial charge in [-0.2, -0.15) is 0 Å². The van der Waals surface area contributed by atoms with E-state index in [1.807, 2.05) is 18.2 Å². The minimum absolute atomic E-state index is 0.0395. The number of amides is 2. The third-order valence-corrected chi connectivity index (χ3v) is 5.13.